The number of carbonyl (C=O) groups excluding carboxylic acids is 3. The molecule has 4 atom stereocenters. The zero-order valence-corrected chi connectivity index (χ0v) is 27.1. The van der Waals surface area contributed by atoms with Gasteiger partial charge in [-0.15, -0.1) is 0 Å². The third-order valence-corrected chi connectivity index (χ3v) is 9.70. The quantitative estimate of drug-likeness (QED) is 0.233. The number of rotatable bonds is 9. The number of nitrogens with zero attached hydrogens (tertiary/aromatic N) is 1. The van der Waals surface area contributed by atoms with E-state index in [2.05, 4.69) is 5.32 Å². The molecule has 0 saturated carbocycles. The molecule has 0 radical (unpaired) electrons. The molecule has 1 amide bonds. The van der Waals surface area contributed by atoms with Gasteiger partial charge in [0.1, 0.15) is 11.5 Å². The van der Waals surface area contributed by atoms with Crippen molar-refractivity contribution >= 4 is 34.9 Å². The molecule has 3 aliphatic heterocycles. The minimum Gasteiger partial charge on any atom is -0.493 e. The molecule has 10 heteroatoms. The lowest BCUT2D eigenvalue weighted by atomic mass is 9.63. The highest BCUT2D eigenvalue weighted by Gasteiger charge is 2.71. The van der Waals surface area contributed by atoms with E-state index in [1.807, 2.05) is 59.5 Å². The molecule has 4 aromatic rings. The Hall–Kier alpha value is -5.77. The number of methoxy groups -OCH3 is 5. The average Bonchev–Trinajstić information content (AvgIpc) is 3.61. The summed E-state index contributed by atoms with van der Waals surface area (Å²) < 4.78 is 27.7. The molecule has 244 valence electrons. The first kappa shape index (κ1) is 30.9. The fourth-order valence-electron chi connectivity index (χ4n) is 7.69. The van der Waals surface area contributed by atoms with Gasteiger partial charge in [0.2, 0.25) is 11.7 Å². The van der Waals surface area contributed by atoms with E-state index < -0.39 is 29.3 Å². The highest BCUT2D eigenvalue weighted by Crippen LogP contribution is 2.58. The monoisotopic (exact) mass is 646 g/mol. The number of ketones is 2. The number of hydrogen-bond donors (Lipinski definition) is 1. The molecule has 1 saturated heterocycles. The Morgan fingerprint density at radius 3 is 2.04 bits per heavy atom. The summed E-state index contributed by atoms with van der Waals surface area (Å²) in [6.07, 6.45) is 3.86. The van der Waals surface area contributed by atoms with Crippen molar-refractivity contribution in [2.45, 2.75) is 17.5 Å². The maximum atomic E-state index is 15.2. The van der Waals surface area contributed by atoms with Crippen molar-refractivity contribution in [1.82, 2.24) is 0 Å². The Bertz CT molecular complexity index is 1980. The summed E-state index contributed by atoms with van der Waals surface area (Å²) in [4.78, 5) is 47.1. The van der Waals surface area contributed by atoms with Gasteiger partial charge in [0, 0.05) is 22.5 Å². The average molecular weight is 647 g/mol. The van der Waals surface area contributed by atoms with Crippen molar-refractivity contribution in [2.24, 2.45) is 5.92 Å². The molecule has 7 rings (SSSR count). The Kier molecular flexibility index (Phi) is 7.58. The first-order valence-corrected chi connectivity index (χ1v) is 15.4. The number of hydrogen-bond acceptors (Lipinski definition) is 9. The van der Waals surface area contributed by atoms with Gasteiger partial charge in [-0.3, -0.25) is 14.4 Å². The van der Waals surface area contributed by atoms with Crippen LogP contribution in [0.2, 0.25) is 0 Å². The zero-order valence-electron chi connectivity index (χ0n) is 27.1. The van der Waals surface area contributed by atoms with Crippen LogP contribution in [0.1, 0.15) is 31.8 Å². The fraction of sp³-hybridized carbons (Fsp3) is 0.237. The number of fused-ring (bicyclic) bond motifs is 5. The molecule has 48 heavy (non-hydrogen) atoms. The van der Waals surface area contributed by atoms with Crippen LogP contribution >= 0.6 is 0 Å². The molecule has 1 fully saturated rings. The van der Waals surface area contributed by atoms with Crippen LogP contribution in [0.4, 0.5) is 11.4 Å². The molecule has 1 unspecified atom stereocenters. The summed E-state index contributed by atoms with van der Waals surface area (Å²) >= 11 is 0. The predicted octanol–water partition coefficient (Wildman–Crippen LogP) is 5.59. The lowest BCUT2D eigenvalue weighted by Crippen LogP contribution is -2.55. The number of ether oxygens (including phenoxy) is 5. The van der Waals surface area contributed by atoms with E-state index in [1.54, 1.807) is 36.4 Å². The first-order chi connectivity index (χ1) is 23.3. The lowest BCUT2D eigenvalue weighted by Gasteiger charge is -2.37. The molecule has 0 aliphatic carbocycles. The van der Waals surface area contributed by atoms with Gasteiger partial charge in [-0.1, -0.05) is 48.6 Å². The van der Waals surface area contributed by atoms with Gasteiger partial charge in [0.15, 0.2) is 34.6 Å². The second-order valence-corrected chi connectivity index (χ2v) is 11.8. The van der Waals surface area contributed by atoms with Crippen molar-refractivity contribution in [2.75, 3.05) is 45.8 Å². The van der Waals surface area contributed by atoms with Crippen LogP contribution in [0.25, 0.3) is 6.08 Å². The zero-order chi connectivity index (χ0) is 33.7. The van der Waals surface area contributed by atoms with E-state index in [1.165, 1.54) is 35.5 Å². The highest BCUT2D eigenvalue weighted by molar-refractivity contribution is 6.20. The number of carbonyl (C=O) groups is 3. The van der Waals surface area contributed by atoms with Crippen molar-refractivity contribution in [3.63, 3.8) is 0 Å². The van der Waals surface area contributed by atoms with Gasteiger partial charge in [-0.25, -0.2) is 0 Å². The van der Waals surface area contributed by atoms with Gasteiger partial charge in [0.05, 0.1) is 47.5 Å². The second-order valence-electron chi connectivity index (χ2n) is 11.8. The van der Waals surface area contributed by atoms with Crippen molar-refractivity contribution in [1.29, 1.82) is 0 Å². The van der Waals surface area contributed by atoms with Crippen molar-refractivity contribution < 1.29 is 38.1 Å². The molecular weight excluding hydrogens is 612 g/mol. The predicted molar refractivity (Wildman–Crippen MR) is 180 cm³/mol. The number of nitrogens with one attached hydrogen (secondary N) is 1. The molecular formula is C38H34N2O8. The standard InChI is InChI=1S/C38H34N2O8/c1-44-28-17-15-22(18-29(28)45-2)34(42)36-38(24-11-7-8-12-25(24)39-37(38)43)32(27-16-14-21-10-6-9-13-26(21)40(27)36)33(41)23-19-30(46-3)35(48-5)31(20-23)47-4/h6-20,27,32,36H,1-5H3,(H,39,43)/t27?,32-,36+,38+/m1/s1. The largest absolute Gasteiger partial charge is 0.493 e. The maximum absolute atomic E-state index is 15.2. The van der Waals surface area contributed by atoms with Crippen molar-refractivity contribution in [3.8, 4) is 28.7 Å². The number of benzene rings is 4. The van der Waals surface area contributed by atoms with Crippen LogP contribution in [-0.4, -0.2) is 65.1 Å². The maximum Gasteiger partial charge on any atom is 0.238 e. The van der Waals surface area contributed by atoms with Gasteiger partial charge >= 0.3 is 0 Å². The van der Waals surface area contributed by atoms with Crippen LogP contribution in [0.5, 0.6) is 28.7 Å². The Morgan fingerprint density at radius 2 is 1.35 bits per heavy atom. The molecule has 4 aromatic carbocycles. The molecule has 10 nitrogen and oxygen atoms in total. The summed E-state index contributed by atoms with van der Waals surface area (Å²) in [6.45, 7) is 0. The van der Waals surface area contributed by atoms with E-state index in [-0.39, 0.29) is 17.1 Å². The summed E-state index contributed by atoms with van der Waals surface area (Å²) in [6, 6.07) is 21.2. The van der Waals surface area contributed by atoms with Crippen LogP contribution < -0.4 is 33.9 Å². The molecule has 0 aromatic heterocycles. The van der Waals surface area contributed by atoms with Gasteiger partial charge in [-0.05, 0) is 53.6 Å². The summed E-state index contributed by atoms with van der Waals surface area (Å²) in [7, 11) is 7.46. The summed E-state index contributed by atoms with van der Waals surface area (Å²) in [5, 5.41) is 3.03. The molecule has 1 spiro atoms. The number of Topliss-reactive ketones (excluding diaryl/α,β-unsaturated/α-hetero) is 2. The van der Waals surface area contributed by atoms with Gasteiger partial charge in [0.25, 0.3) is 0 Å². The van der Waals surface area contributed by atoms with E-state index in [9.17, 15) is 4.79 Å². The highest BCUT2D eigenvalue weighted by atomic mass is 16.5. The third kappa shape index (κ3) is 4.28. The van der Waals surface area contributed by atoms with Crippen LogP contribution in [0.3, 0.4) is 0 Å². The van der Waals surface area contributed by atoms with Gasteiger partial charge in [-0.2, -0.15) is 0 Å². The summed E-state index contributed by atoms with van der Waals surface area (Å²) in [5.41, 5.74) is 1.62. The van der Waals surface area contributed by atoms with E-state index in [4.69, 9.17) is 23.7 Å². The number of anilines is 2. The fourth-order valence-corrected chi connectivity index (χ4v) is 7.69. The Morgan fingerprint density at radius 1 is 0.708 bits per heavy atom. The van der Waals surface area contributed by atoms with Crippen LogP contribution in [0, 0.1) is 5.92 Å². The van der Waals surface area contributed by atoms with E-state index in [0.29, 0.717) is 45.6 Å². The Labute approximate surface area is 277 Å². The molecule has 1 N–H and O–H groups in total. The normalized spacial score (nSPS) is 21.6. The molecule has 3 heterocycles. The smallest absolute Gasteiger partial charge is 0.238 e. The van der Waals surface area contributed by atoms with Crippen LogP contribution in [-0.2, 0) is 10.2 Å². The topological polar surface area (TPSA) is 113 Å². The van der Waals surface area contributed by atoms with Crippen molar-refractivity contribution in [3.05, 3.63) is 107 Å². The van der Waals surface area contributed by atoms with Gasteiger partial charge < -0.3 is 33.9 Å². The Balaban J connectivity index is 1.52. The van der Waals surface area contributed by atoms with E-state index >= 15 is 9.59 Å². The van der Waals surface area contributed by atoms with E-state index in [0.717, 1.165) is 11.3 Å². The number of para-hydroxylation sites is 2. The molecule has 0 bridgehead atoms. The SMILES string of the molecule is COc1ccc(C(=O)[C@@H]2N3c4ccccc4C=CC3[C@H](C(=O)c3cc(OC)c(OC)c(OC)c3)[C@]23C(=O)Nc2ccccc23)cc1OC. The molecule has 3 aliphatic rings. The van der Waals surface area contributed by atoms with Crippen LogP contribution in [0.15, 0.2) is 84.9 Å². The first-order valence-electron chi connectivity index (χ1n) is 15.4. The lowest BCUT2D eigenvalue weighted by molar-refractivity contribution is -0.121. The summed E-state index contributed by atoms with van der Waals surface area (Å²) in [5.74, 6) is -0.454. The second kappa shape index (κ2) is 11.8. The third-order valence-electron chi connectivity index (χ3n) is 9.70. The minimum absolute atomic E-state index is 0.248. The minimum atomic E-state index is -1.65. The number of amides is 1.